The zero-order valence-corrected chi connectivity index (χ0v) is 35.5. The zero-order chi connectivity index (χ0) is 41.6. The number of rotatable bonds is 14. The van der Waals surface area contributed by atoms with Crippen LogP contribution in [0.25, 0.3) is 0 Å². The molecule has 296 valence electrons. The lowest BCUT2D eigenvalue weighted by atomic mass is 10.0. The summed E-state index contributed by atoms with van der Waals surface area (Å²) in [5.41, 5.74) is 8.16. The van der Waals surface area contributed by atoms with Gasteiger partial charge in [0, 0.05) is 64.7 Å². The maximum Gasteiger partial charge on any atom is 0.165 e. The number of nitriles is 2. The molecular formula is C45H39BrCl2N4O6. The van der Waals surface area contributed by atoms with Crippen LogP contribution >= 0.6 is 39.1 Å². The molecule has 0 radical (unpaired) electrons. The third-order valence-corrected chi connectivity index (χ3v) is 10.4. The van der Waals surface area contributed by atoms with Crippen LogP contribution in [0.2, 0.25) is 10.0 Å². The fourth-order valence-corrected chi connectivity index (χ4v) is 6.29. The minimum Gasteiger partial charge on any atom is -0.493 e. The molecule has 0 saturated heterocycles. The summed E-state index contributed by atoms with van der Waals surface area (Å²) in [6.45, 7) is 7.39. The molecule has 13 heteroatoms. The Balaban J connectivity index is 0.000000221. The standard InChI is InChI=1S/C23H21ClN2O3.C22H18BrClN2O3/c1-15-5-4-6-19(16(15)2)14-29-21-9-23(22(27-3)8-20(21)24)28-13-18-7-17(10-25)11-26-12-18;1-14-17(4-3-5-18(14)23)13-29-20-8-22(21(27-2)7-19(20)24)28-12-16-6-15(9-25)10-26-11-16/h4-9,11-12H,13-14H2,1-3H3;3-8,10-11H,12-13H2,1-2H3. The van der Waals surface area contributed by atoms with E-state index < -0.39 is 0 Å². The van der Waals surface area contributed by atoms with Crippen molar-refractivity contribution in [3.63, 3.8) is 0 Å². The fraction of sp³-hybridized carbons (Fsp3) is 0.200. The van der Waals surface area contributed by atoms with Crippen molar-refractivity contribution in [3.8, 4) is 46.6 Å². The number of aryl methyl sites for hydroxylation is 1. The number of methoxy groups -OCH3 is 2. The number of ether oxygens (including phenoxy) is 6. The summed E-state index contributed by atoms with van der Waals surface area (Å²) < 4.78 is 35.5. The van der Waals surface area contributed by atoms with E-state index in [1.807, 2.05) is 37.3 Å². The second-order valence-electron chi connectivity index (χ2n) is 12.8. The maximum absolute atomic E-state index is 9.00. The molecule has 10 nitrogen and oxygen atoms in total. The quantitative estimate of drug-likeness (QED) is 0.104. The van der Waals surface area contributed by atoms with Crippen LogP contribution in [0.1, 0.15) is 50.1 Å². The van der Waals surface area contributed by atoms with Gasteiger partial charge in [0.25, 0.3) is 0 Å². The van der Waals surface area contributed by atoms with Crippen molar-refractivity contribution in [2.24, 2.45) is 0 Å². The van der Waals surface area contributed by atoms with Crippen LogP contribution in [0.3, 0.4) is 0 Å². The van der Waals surface area contributed by atoms with Crippen LogP contribution in [0, 0.1) is 43.4 Å². The van der Waals surface area contributed by atoms with Crippen LogP contribution in [-0.4, -0.2) is 24.2 Å². The molecule has 0 saturated carbocycles. The van der Waals surface area contributed by atoms with Crippen LogP contribution in [0.5, 0.6) is 34.5 Å². The van der Waals surface area contributed by atoms with Gasteiger partial charge in [-0.15, -0.1) is 0 Å². The molecule has 6 rings (SSSR count). The number of hydrogen-bond acceptors (Lipinski definition) is 10. The molecule has 0 aliphatic carbocycles. The summed E-state index contributed by atoms with van der Waals surface area (Å²) in [6.07, 6.45) is 6.31. The highest BCUT2D eigenvalue weighted by Crippen LogP contribution is 2.40. The molecule has 4 aromatic carbocycles. The second kappa shape index (κ2) is 21.0. The van der Waals surface area contributed by atoms with E-state index in [9.17, 15) is 0 Å². The van der Waals surface area contributed by atoms with Gasteiger partial charge in [-0.3, -0.25) is 9.97 Å². The maximum atomic E-state index is 9.00. The van der Waals surface area contributed by atoms with Crippen molar-refractivity contribution >= 4 is 39.1 Å². The fourth-order valence-electron chi connectivity index (χ4n) is 5.46. The van der Waals surface area contributed by atoms with Crippen LogP contribution in [0.15, 0.2) is 102 Å². The molecule has 0 amide bonds. The zero-order valence-electron chi connectivity index (χ0n) is 32.4. The molecule has 2 heterocycles. The Morgan fingerprint density at radius 1 is 0.552 bits per heavy atom. The first kappa shape index (κ1) is 43.1. The normalized spacial score (nSPS) is 10.3. The molecule has 0 atom stereocenters. The van der Waals surface area contributed by atoms with Crippen molar-refractivity contribution in [2.75, 3.05) is 14.2 Å². The van der Waals surface area contributed by atoms with E-state index in [0.717, 1.165) is 32.3 Å². The number of nitrogens with zero attached hydrogens (tertiary/aromatic N) is 4. The largest absolute Gasteiger partial charge is 0.493 e. The van der Waals surface area contributed by atoms with Crippen molar-refractivity contribution in [2.45, 2.75) is 47.2 Å². The summed E-state index contributed by atoms with van der Waals surface area (Å²) in [7, 11) is 3.09. The molecule has 0 N–H and O–H groups in total. The summed E-state index contributed by atoms with van der Waals surface area (Å²) in [6, 6.07) is 26.4. The molecule has 2 aromatic heterocycles. The van der Waals surface area contributed by atoms with Gasteiger partial charge in [0.15, 0.2) is 23.0 Å². The predicted octanol–water partition coefficient (Wildman–Crippen LogP) is 11.2. The first-order valence-corrected chi connectivity index (χ1v) is 19.3. The molecule has 0 fully saturated rings. The average molecular weight is 883 g/mol. The number of aromatic nitrogens is 2. The van der Waals surface area contributed by atoms with Crippen LogP contribution in [0.4, 0.5) is 0 Å². The van der Waals surface area contributed by atoms with E-state index in [4.69, 9.17) is 62.1 Å². The van der Waals surface area contributed by atoms with Crippen LogP contribution < -0.4 is 28.4 Å². The predicted molar refractivity (Wildman–Crippen MR) is 226 cm³/mol. The lowest BCUT2D eigenvalue weighted by molar-refractivity contribution is 0.274. The summed E-state index contributed by atoms with van der Waals surface area (Å²) in [4.78, 5) is 8.08. The number of hydrogen-bond donors (Lipinski definition) is 0. The first-order valence-electron chi connectivity index (χ1n) is 17.8. The van der Waals surface area contributed by atoms with Gasteiger partial charge in [0.05, 0.1) is 35.4 Å². The van der Waals surface area contributed by atoms with Crippen molar-refractivity contribution in [3.05, 3.63) is 162 Å². The van der Waals surface area contributed by atoms with Gasteiger partial charge in [-0.25, -0.2) is 0 Å². The Labute approximate surface area is 356 Å². The average Bonchev–Trinajstić information content (AvgIpc) is 3.24. The molecular weight excluding hydrogens is 843 g/mol. The third kappa shape index (κ3) is 11.5. The summed E-state index contributed by atoms with van der Waals surface area (Å²) >= 11 is 16.3. The number of benzene rings is 4. The monoisotopic (exact) mass is 880 g/mol. The Morgan fingerprint density at radius 3 is 1.47 bits per heavy atom. The number of halogens is 3. The van der Waals surface area contributed by atoms with Crippen LogP contribution in [-0.2, 0) is 26.4 Å². The van der Waals surface area contributed by atoms with Gasteiger partial charge in [-0.1, -0.05) is 69.5 Å². The smallest absolute Gasteiger partial charge is 0.165 e. The van der Waals surface area contributed by atoms with E-state index in [0.29, 0.717) is 68.9 Å². The van der Waals surface area contributed by atoms with Gasteiger partial charge in [0.1, 0.15) is 50.1 Å². The van der Waals surface area contributed by atoms with Gasteiger partial charge >= 0.3 is 0 Å². The lowest BCUT2D eigenvalue weighted by Crippen LogP contribution is -2.02. The van der Waals surface area contributed by atoms with Gasteiger partial charge < -0.3 is 28.4 Å². The Bertz CT molecular complexity index is 2300. The molecule has 0 bridgehead atoms. The molecule has 0 aliphatic rings. The van der Waals surface area contributed by atoms with E-state index in [2.05, 4.69) is 58.0 Å². The molecule has 6 aromatic rings. The lowest BCUT2D eigenvalue weighted by Gasteiger charge is -2.15. The van der Waals surface area contributed by atoms with Gasteiger partial charge in [-0.05, 0) is 66.8 Å². The minimum atomic E-state index is 0.227. The Morgan fingerprint density at radius 2 is 1.00 bits per heavy atom. The molecule has 0 spiro atoms. The summed E-state index contributed by atoms with van der Waals surface area (Å²) in [5.74, 6) is 2.97. The van der Waals surface area contributed by atoms with Gasteiger partial charge in [0.2, 0.25) is 0 Å². The van der Waals surface area contributed by atoms with E-state index in [-0.39, 0.29) is 13.2 Å². The third-order valence-electron chi connectivity index (χ3n) is 8.94. The minimum absolute atomic E-state index is 0.227. The van der Waals surface area contributed by atoms with Crippen molar-refractivity contribution in [1.82, 2.24) is 9.97 Å². The molecule has 0 aliphatic heterocycles. The van der Waals surface area contributed by atoms with Crippen molar-refractivity contribution < 1.29 is 28.4 Å². The SMILES string of the molecule is COc1cc(Cl)c(OCc2cccc(Br)c2C)cc1OCc1cncc(C#N)c1.COc1cc(Cl)c(OCc2cccc(C)c2C)cc1OCc1cncc(C#N)c1. The highest BCUT2D eigenvalue weighted by atomic mass is 79.9. The summed E-state index contributed by atoms with van der Waals surface area (Å²) in [5, 5.41) is 18.9. The number of pyridine rings is 2. The van der Waals surface area contributed by atoms with E-state index >= 15 is 0 Å². The van der Waals surface area contributed by atoms with Gasteiger partial charge in [-0.2, -0.15) is 10.5 Å². The Kier molecular flexibility index (Phi) is 15.6. The highest BCUT2D eigenvalue weighted by Gasteiger charge is 2.15. The molecule has 58 heavy (non-hydrogen) atoms. The highest BCUT2D eigenvalue weighted by molar-refractivity contribution is 9.10. The first-order chi connectivity index (χ1) is 28.0. The van der Waals surface area contributed by atoms with E-state index in [1.54, 1.807) is 63.0 Å². The topological polar surface area (TPSA) is 129 Å². The second-order valence-corrected chi connectivity index (χ2v) is 14.5. The Hall–Kier alpha value is -5.98. The van der Waals surface area contributed by atoms with E-state index in [1.165, 1.54) is 23.5 Å². The van der Waals surface area contributed by atoms with Crippen molar-refractivity contribution in [1.29, 1.82) is 10.5 Å². The molecule has 0 unspecified atom stereocenters.